The van der Waals surface area contributed by atoms with Crippen LogP contribution in [0.3, 0.4) is 0 Å². The van der Waals surface area contributed by atoms with Crippen molar-refractivity contribution in [3.8, 4) is 0 Å². The number of carbonyl (C=O) groups is 1. The van der Waals surface area contributed by atoms with Gasteiger partial charge in [0.15, 0.2) is 0 Å². The number of hydrogen-bond donors (Lipinski definition) is 0. The summed E-state index contributed by atoms with van der Waals surface area (Å²) in [6.45, 7) is -0.670. The van der Waals surface area contributed by atoms with E-state index in [1.807, 2.05) is 36.4 Å². The molecule has 2 saturated heterocycles. The molecule has 0 saturated carbocycles. The highest BCUT2D eigenvalue weighted by molar-refractivity contribution is 6.97. The lowest BCUT2D eigenvalue weighted by atomic mass is 9.41. The molecular weight excluding hydrogens is 261 g/mol. The largest absolute Gasteiger partial charge is 0.667 e. The molecule has 0 amide bonds. The average Bonchev–Trinajstić information content (AvgIpc) is 3.13. The molecule has 2 aliphatic rings. The molecule has 0 spiro atoms. The third-order valence-corrected chi connectivity index (χ3v) is 4.82. The maximum atomic E-state index is 12.4. The van der Waals surface area contributed by atoms with Gasteiger partial charge in [-0.05, 0) is 19.4 Å². The number of nitrogens with zero attached hydrogens (tertiary/aromatic N) is 1. The minimum absolute atomic E-state index is 0.0693. The van der Waals surface area contributed by atoms with Crippen LogP contribution in [-0.4, -0.2) is 29.9 Å². The van der Waals surface area contributed by atoms with Gasteiger partial charge in [0.1, 0.15) is 0 Å². The van der Waals surface area contributed by atoms with Gasteiger partial charge in [-0.3, -0.25) is 4.79 Å². The summed E-state index contributed by atoms with van der Waals surface area (Å²) in [6, 6.07) is 20.2. The number of fused-ring (bicyclic) bond motifs is 1. The van der Waals surface area contributed by atoms with Crippen molar-refractivity contribution in [2.75, 3.05) is 6.54 Å². The second kappa shape index (κ2) is 4.74. The summed E-state index contributed by atoms with van der Waals surface area (Å²) in [4.78, 5) is 14.7. The predicted octanol–water partition coefficient (Wildman–Crippen LogP) is 1.26. The van der Waals surface area contributed by atoms with Crippen molar-refractivity contribution in [2.45, 2.75) is 18.9 Å². The third-order valence-electron chi connectivity index (χ3n) is 4.82. The standard InChI is InChI=1S/C17H17BNO2/c20-17-16-12-7-13-19(16)18(21-17,14-8-3-1-4-9-14)15-10-5-2-6-11-15/h1-6,8-11,16H,7,12-13H2/q-1/t16-/m0/s1. The molecule has 2 aliphatic heterocycles. The first-order valence-corrected chi connectivity index (χ1v) is 7.57. The van der Waals surface area contributed by atoms with Crippen molar-refractivity contribution < 1.29 is 9.45 Å². The van der Waals surface area contributed by atoms with Crippen LogP contribution in [-0.2, 0) is 9.45 Å². The minimum Gasteiger partial charge on any atom is -0.667 e. The molecule has 0 aromatic heterocycles. The van der Waals surface area contributed by atoms with E-state index in [9.17, 15) is 4.79 Å². The van der Waals surface area contributed by atoms with Crippen molar-refractivity contribution >= 4 is 23.4 Å². The van der Waals surface area contributed by atoms with Crippen molar-refractivity contribution in [3.63, 3.8) is 0 Å². The lowest BCUT2D eigenvalue weighted by molar-refractivity contribution is -0.134. The highest BCUT2D eigenvalue weighted by atomic mass is 16.5. The van der Waals surface area contributed by atoms with Crippen LogP contribution in [0.2, 0.25) is 0 Å². The van der Waals surface area contributed by atoms with Gasteiger partial charge in [0.25, 0.3) is 12.5 Å². The second-order valence-corrected chi connectivity index (χ2v) is 5.90. The molecule has 106 valence electrons. The molecule has 0 bridgehead atoms. The summed E-state index contributed by atoms with van der Waals surface area (Å²) in [5.74, 6) is -0.0693. The molecule has 4 rings (SSSR count). The summed E-state index contributed by atoms with van der Waals surface area (Å²) >= 11 is 0. The maximum Gasteiger partial charge on any atom is 0.296 e. The molecule has 3 nitrogen and oxygen atoms in total. The molecular formula is C17H17BNO2-. The van der Waals surface area contributed by atoms with Gasteiger partial charge in [-0.2, -0.15) is 0 Å². The lowest BCUT2D eigenvalue weighted by Gasteiger charge is -2.44. The third kappa shape index (κ3) is 1.76. The van der Waals surface area contributed by atoms with E-state index < -0.39 is 6.48 Å². The molecule has 0 aliphatic carbocycles. The van der Waals surface area contributed by atoms with Crippen LogP contribution in [0.4, 0.5) is 0 Å². The van der Waals surface area contributed by atoms with E-state index in [-0.39, 0.29) is 12.0 Å². The molecule has 1 atom stereocenters. The van der Waals surface area contributed by atoms with Gasteiger partial charge >= 0.3 is 0 Å². The zero-order valence-electron chi connectivity index (χ0n) is 11.8. The molecule has 0 radical (unpaired) electrons. The Morgan fingerprint density at radius 1 is 0.952 bits per heavy atom. The number of rotatable bonds is 2. The Labute approximate surface area is 124 Å². The van der Waals surface area contributed by atoms with Gasteiger partial charge in [0, 0.05) is 0 Å². The summed E-state index contributed by atoms with van der Waals surface area (Å²) < 4.78 is 6.04. The van der Waals surface area contributed by atoms with Gasteiger partial charge in [0.05, 0.1) is 6.04 Å². The first-order valence-electron chi connectivity index (χ1n) is 7.57. The Hall–Kier alpha value is -2.07. The van der Waals surface area contributed by atoms with Crippen molar-refractivity contribution in [1.29, 1.82) is 0 Å². The monoisotopic (exact) mass is 278 g/mol. The molecule has 0 unspecified atom stereocenters. The van der Waals surface area contributed by atoms with Gasteiger partial charge < -0.3 is 9.47 Å². The van der Waals surface area contributed by atoms with Crippen LogP contribution in [0.1, 0.15) is 12.8 Å². The summed E-state index contributed by atoms with van der Waals surface area (Å²) in [7, 11) is 0. The van der Waals surface area contributed by atoms with Crippen LogP contribution in [0.25, 0.3) is 0 Å². The smallest absolute Gasteiger partial charge is 0.296 e. The lowest BCUT2D eigenvalue weighted by Crippen LogP contribution is -2.68. The number of carbonyl (C=O) groups excluding carboxylic acids is 1. The second-order valence-electron chi connectivity index (χ2n) is 5.90. The van der Waals surface area contributed by atoms with E-state index in [1.165, 1.54) is 0 Å². The van der Waals surface area contributed by atoms with Gasteiger partial charge in [-0.25, -0.2) is 0 Å². The quantitative estimate of drug-likeness (QED) is 0.775. The fourth-order valence-electron chi connectivity index (χ4n) is 3.93. The van der Waals surface area contributed by atoms with E-state index in [4.69, 9.17) is 4.65 Å². The zero-order chi connectivity index (χ0) is 14.3. The number of benzene rings is 2. The molecule has 2 fully saturated rings. The van der Waals surface area contributed by atoms with E-state index >= 15 is 0 Å². The van der Waals surface area contributed by atoms with E-state index in [1.54, 1.807) is 0 Å². The first kappa shape index (κ1) is 12.7. The zero-order valence-corrected chi connectivity index (χ0v) is 11.8. The fourth-order valence-corrected chi connectivity index (χ4v) is 3.93. The van der Waals surface area contributed by atoms with Crippen molar-refractivity contribution in [2.24, 2.45) is 0 Å². The molecule has 2 aromatic carbocycles. The molecule has 2 heterocycles. The van der Waals surface area contributed by atoms with Crippen LogP contribution in [0.15, 0.2) is 60.7 Å². The van der Waals surface area contributed by atoms with Crippen molar-refractivity contribution in [3.05, 3.63) is 60.7 Å². The molecule has 2 aromatic rings. The van der Waals surface area contributed by atoms with Crippen LogP contribution in [0, 0.1) is 0 Å². The average molecular weight is 278 g/mol. The predicted molar refractivity (Wildman–Crippen MR) is 83.7 cm³/mol. The maximum absolute atomic E-state index is 12.4. The SMILES string of the molecule is O=C1O[B-](c2ccccc2)(c2ccccc2)N2CCC[C@@H]12. The molecule has 21 heavy (non-hydrogen) atoms. The van der Waals surface area contributed by atoms with E-state index in [2.05, 4.69) is 29.1 Å². The summed E-state index contributed by atoms with van der Waals surface area (Å²) in [6.07, 6.45) is 1.96. The Morgan fingerprint density at radius 3 is 2.10 bits per heavy atom. The highest BCUT2D eigenvalue weighted by Crippen LogP contribution is 2.32. The Balaban J connectivity index is 1.94. The van der Waals surface area contributed by atoms with Gasteiger partial charge in [0.2, 0.25) is 0 Å². The first-order chi connectivity index (χ1) is 10.3. The van der Waals surface area contributed by atoms with Crippen molar-refractivity contribution in [1.82, 2.24) is 4.81 Å². The van der Waals surface area contributed by atoms with Crippen LogP contribution >= 0.6 is 0 Å². The Bertz CT molecular complexity index is 620. The summed E-state index contributed by atoms with van der Waals surface area (Å²) in [5, 5.41) is 0. The fraction of sp³-hybridized carbons (Fsp3) is 0.235. The van der Waals surface area contributed by atoms with Crippen LogP contribution < -0.4 is 10.9 Å². The van der Waals surface area contributed by atoms with Gasteiger partial charge in [-0.15, -0.1) is 10.9 Å². The summed E-state index contributed by atoms with van der Waals surface area (Å²) in [5.41, 5.74) is 2.17. The molecule has 0 N–H and O–H groups in total. The molecule has 4 heteroatoms. The Kier molecular flexibility index (Phi) is 2.86. The minimum atomic E-state index is -1.59. The van der Waals surface area contributed by atoms with E-state index in [0.717, 1.165) is 30.3 Å². The highest BCUT2D eigenvalue weighted by Gasteiger charge is 2.51. The van der Waals surface area contributed by atoms with Crippen LogP contribution in [0.5, 0.6) is 0 Å². The Morgan fingerprint density at radius 2 is 1.52 bits per heavy atom. The topological polar surface area (TPSA) is 29.5 Å². The normalized spacial score (nSPS) is 23.8. The van der Waals surface area contributed by atoms with Gasteiger partial charge in [-0.1, -0.05) is 60.7 Å². The number of hydrogen-bond acceptors (Lipinski definition) is 3. The van der Waals surface area contributed by atoms with E-state index in [0.29, 0.717) is 0 Å².